The van der Waals surface area contributed by atoms with E-state index in [-0.39, 0.29) is 23.1 Å². The molecule has 33 heavy (non-hydrogen) atoms. The number of halogens is 2. The van der Waals surface area contributed by atoms with Gasteiger partial charge in [-0.25, -0.2) is 14.6 Å². The molecule has 1 aliphatic carbocycles. The van der Waals surface area contributed by atoms with E-state index in [1.54, 1.807) is 20.8 Å². The predicted molar refractivity (Wildman–Crippen MR) is 128 cm³/mol. The van der Waals surface area contributed by atoms with Gasteiger partial charge in [0.15, 0.2) is 5.65 Å². The van der Waals surface area contributed by atoms with Gasteiger partial charge in [-0.15, -0.1) is 0 Å². The highest BCUT2D eigenvalue weighted by atomic mass is 79.9. The summed E-state index contributed by atoms with van der Waals surface area (Å²) in [6.07, 6.45) is -0.178. The van der Waals surface area contributed by atoms with Crippen molar-refractivity contribution in [3.8, 4) is 0 Å². The minimum Gasteiger partial charge on any atom is -0.449 e. The number of amides is 1. The molecule has 1 aliphatic rings. The van der Waals surface area contributed by atoms with Crippen molar-refractivity contribution in [2.45, 2.75) is 77.9 Å². The quantitative estimate of drug-likeness (QED) is 0.365. The molecule has 2 aromatic rings. The Hall–Kier alpha value is -2.07. The Bertz CT molecular complexity index is 1070. The van der Waals surface area contributed by atoms with Gasteiger partial charge in [-0.2, -0.15) is 9.61 Å². The van der Waals surface area contributed by atoms with Gasteiger partial charge in [-0.3, -0.25) is 5.32 Å². The van der Waals surface area contributed by atoms with E-state index in [0.29, 0.717) is 28.8 Å². The van der Waals surface area contributed by atoms with Gasteiger partial charge in [-0.05, 0) is 56.5 Å². The van der Waals surface area contributed by atoms with Crippen LogP contribution in [0, 0.1) is 5.92 Å². The standard InChI is InChI=1S/C22H30BrClN4O5/c1-20(2,3)16-15(23)17-25-13(24)8-14(28(17)27-16)26-18(29)31-11-12-9-22(7,10-12)33-19(30)32-21(4,5)6/h8,12H,9-11H2,1-7H3,(H,26,29). The van der Waals surface area contributed by atoms with Gasteiger partial charge in [-0.1, -0.05) is 32.4 Å². The van der Waals surface area contributed by atoms with Gasteiger partial charge >= 0.3 is 12.2 Å². The van der Waals surface area contributed by atoms with Crippen LogP contribution < -0.4 is 5.32 Å². The summed E-state index contributed by atoms with van der Waals surface area (Å²) in [5, 5.41) is 7.49. The van der Waals surface area contributed by atoms with Crippen molar-refractivity contribution in [3.05, 3.63) is 21.4 Å². The predicted octanol–water partition coefficient (Wildman–Crippen LogP) is 6.11. The molecule has 0 aliphatic heterocycles. The molecule has 0 radical (unpaired) electrons. The van der Waals surface area contributed by atoms with Gasteiger partial charge in [0.05, 0.1) is 16.8 Å². The zero-order chi connectivity index (χ0) is 24.8. The summed E-state index contributed by atoms with van der Waals surface area (Å²) < 4.78 is 18.3. The lowest BCUT2D eigenvalue weighted by atomic mass is 9.72. The molecule has 0 atom stereocenters. The summed E-state index contributed by atoms with van der Waals surface area (Å²) in [6, 6.07) is 1.51. The van der Waals surface area contributed by atoms with Crippen molar-refractivity contribution in [3.63, 3.8) is 0 Å². The maximum absolute atomic E-state index is 12.4. The molecule has 0 bridgehead atoms. The van der Waals surface area contributed by atoms with E-state index in [4.69, 9.17) is 25.8 Å². The first-order chi connectivity index (χ1) is 15.1. The smallest absolute Gasteiger partial charge is 0.449 e. The van der Waals surface area contributed by atoms with Gasteiger partial charge in [0.1, 0.15) is 22.2 Å². The summed E-state index contributed by atoms with van der Waals surface area (Å²) >= 11 is 9.70. The van der Waals surface area contributed by atoms with Crippen molar-refractivity contribution in [2.24, 2.45) is 5.92 Å². The van der Waals surface area contributed by atoms with Crippen LogP contribution in [0.5, 0.6) is 0 Å². The number of carbonyl (C=O) groups is 2. The average Bonchev–Trinajstić information content (AvgIpc) is 2.93. The number of nitrogens with zero attached hydrogens (tertiary/aromatic N) is 3. The average molecular weight is 546 g/mol. The molecule has 0 unspecified atom stereocenters. The van der Waals surface area contributed by atoms with E-state index in [0.717, 1.165) is 5.69 Å². The van der Waals surface area contributed by atoms with Crippen molar-refractivity contribution in [1.29, 1.82) is 0 Å². The Kier molecular flexibility index (Phi) is 6.92. The van der Waals surface area contributed by atoms with E-state index in [9.17, 15) is 9.59 Å². The molecule has 3 rings (SSSR count). The molecule has 11 heteroatoms. The Morgan fingerprint density at radius 2 is 1.91 bits per heavy atom. The lowest BCUT2D eigenvalue weighted by molar-refractivity contribution is -0.118. The van der Waals surface area contributed by atoms with Gasteiger partial charge in [0.2, 0.25) is 0 Å². The fraction of sp³-hybridized carbons (Fsp3) is 0.636. The Labute approximate surface area is 206 Å². The number of ether oxygens (including phenoxy) is 3. The van der Waals surface area contributed by atoms with E-state index in [2.05, 4.69) is 31.3 Å². The Balaban J connectivity index is 1.58. The Morgan fingerprint density at radius 1 is 1.27 bits per heavy atom. The van der Waals surface area contributed by atoms with Crippen molar-refractivity contribution in [2.75, 3.05) is 11.9 Å². The molecule has 1 fully saturated rings. The molecule has 0 spiro atoms. The molecule has 0 saturated heterocycles. The fourth-order valence-corrected chi connectivity index (χ4v) is 4.81. The van der Waals surface area contributed by atoms with Crippen molar-refractivity contribution >= 4 is 51.2 Å². The third-order valence-electron chi connectivity index (χ3n) is 5.05. The lowest BCUT2D eigenvalue weighted by Gasteiger charge is -2.43. The molecule has 1 amide bonds. The van der Waals surface area contributed by atoms with Crippen LogP contribution in [0.4, 0.5) is 15.4 Å². The maximum atomic E-state index is 12.4. The van der Waals surface area contributed by atoms with Crippen molar-refractivity contribution < 1.29 is 23.8 Å². The topological polar surface area (TPSA) is 104 Å². The third kappa shape index (κ3) is 6.29. The zero-order valence-corrected chi connectivity index (χ0v) is 22.3. The van der Waals surface area contributed by atoms with Crippen LogP contribution in [0.3, 0.4) is 0 Å². The number of carbonyl (C=O) groups excluding carboxylic acids is 2. The number of hydrogen-bond acceptors (Lipinski definition) is 7. The number of hydrogen-bond donors (Lipinski definition) is 1. The number of fused-ring (bicyclic) bond motifs is 1. The molecule has 2 aromatic heterocycles. The molecular weight excluding hydrogens is 516 g/mol. The summed E-state index contributed by atoms with van der Waals surface area (Å²) in [4.78, 5) is 28.7. The van der Waals surface area contributed by atoms with E-state index >= 15 is 0 Å². The summed E-state index contributed by atoms with van der Waals surface area (Å²) in [5.41, 5.74) is -0.196. The summed E-state index contributed by atoms with van der Waals surface area (Å²) in [7, 11) is 0. The van der Waals surface area contributed by atoms with E-state index in [1.165, 1.54) is 10.6 Å². The molecule has 9 nitrogen and oxygen atoms in total. The normalized spacial score (nSPS) is 20.8. The molecule has 182 valence electrons. The first-order valence-electron chi connectivity index (χ1n) is 10.7. The monoisotopic (exact) mass is 544 g/mol. The molecule has 1 saturated carbocycles. The summed E-state index contributed by atoms with van der Waals surface area (Å²) in [5.74, 6) is 0.425. The highest BCUT2D eigenvalue weighted by molar-refractivity contribution is 9.10. The maximum Gasteiger partial charge on any atom is 0.509 e. The first-order valence-corrected chi connectivity index (χ1v) is 11.8. The Morgan fingerprint density at radius 3 is 2.48 bits per heavy atom. The number of nitrogens with one attached hydrogen (secondary N) is 1. The van der Waals surface area contributed by atoms with Crippen LogP contribution in [-0.2, 0) is 19.6 Å². The van der Waals surface area contributed by atoms with Gasteiger partial charge in [0, 0.05) is 17.4 Å². The van der Waals surface area contributed by atoms with Crippen LogP contribution >= 0.6 is 27.5 Å². The lowest BCUT2D eigenvalue weighted by Crippen LogP contribution is -2.47. The number of aromatic nitrogens is 3. The highest BCUT2D eigenvalue weighted by Gasteiger charge is 2.45. The van der Waals surface area contributed by atoms with Crippen molar-refractivity contribution in [1.82, 2.24) is 14.6 Å². The first kappa shape index (κ1) is 25.6. The van der Waals surface area contributed by atoms with Gasteiger partial charge in [0.25, 0.3) is 0 Å². The number of anilines is 1. The summed E-state index contributed by atoms with van der Waals surface area (Å²) in [6.45, 7) is 13.5. The van der Waals surface area contributed by atoms with Crippen LogP contribution in [0.2, 0.25) is 5.15 Å². The van der Waals surface area contributed by atoms with Crippen LogP contribution in [-0.4, -0.2) is 44.7 Å². The van der Waals surface area contributed by atoms with Crippen LogP contribution in [0.25, 0.3) is 5.65 Å². The van der Waals surface area contributed by atoms with E-state index < -0.39 is 23.5 Å². The second-order valence-corrected chi connectivity index (χ2v) is 11.8. The minimum atomic E-state index is -0.694. The zero-order valence-electron chi connectivity index (χ0n) is 19.9. The molecular formula is C22H30BrClN4O5. The van der Waals surface area contributed by atoms with E-state index in [1.807, 2.05) is 27.7 Å². The van der Waals surface area contributed by atoms with Crippen LogP contribution in [0.1, 0.15) is 67.0 Å². The SMILES string of the molecule is CC(C)(C)OC(=O)OC1(C)CC(COC(=O)Nc2cc(Cl)nc3c(Br)c(C(C)(C)C)nn23)C1. The highest BCUT2D eigenvalue weighted by Crippen LogP contribution is 2.41. The minimum absolute atomic E-state index is 0.0792. The molecule has 2 heterocycles. The second kappa shape index (κ2) is 8.94. The second-order valence-electron chi connectivity index (χ2n) is 10.6. The van der Waals surface area contributed by atoms with Crippen LogP contribution in [0.15, 0.2) is 10.5 Å². The molecule has 1 N–H and O–H groups in total. The largest absolute Gasteiger partial charge is 0.509 e. The fourth-order valence-electron chi connectivity index (χ4n) is 3.70. The third-order valence-corrected chi connectivity index (χ3v) is 5.98. The molecule has 0 aromatic carbocycles. The number of rotatable bonds is 4. The van der Waals surface area contributed by atoms with Gasteiger partial charge < -0.3 is 14.2 Å².